The van der Waals surface area contributed by atoms with E-state index in [4.69, 9.17) is 5.11 Å². The molecule has 1 N–H and O–H groups in total. The van der Waals surface area contributed by atoms with Crippen molar-refractivity contribution in [3.8, 4) is 0 Å². The van der Waals surface area contributed by atoms with Gasteiger partial charge in [-0.2, -0.15) is 0 Å². The molecular weight excluding hydrogens is 206 g/mol. The Balaban J connectivity index is 2.26. The van der Waals surface area contributed by atoms with Gasteiger partial charge in [-0.1, -0.05) is 13.8 Å². The van der Waals surface area contributed by atoms with Gasteiger partial charge in [-0.15, -0.1) is 0 Å². The molecule has 1 saturated carbocycles. The van der Waals surface area contributed by atoms with Crippen molar-refractivity contribution >= 4 is 11.8 Å². The number of carboxylic acids is 1. The molecule has 1 fully saturated rings. The highest BCUT2D eigenvalue weighted by molar-refractivity contribution is 6.02. The summed E-state index contributed by atoms with van der Waals surface area (Å²) in [6.45, 7) is 4.10. The minimum atomic E-state index is -1.00. The third kappa shape index (κ3) is 1.64. The molecule has 0 spiro atoms. The Hall–Kier alpha value is -1.58. The van der Waals surface area contributed by atoms with Crippen LogP contribution in [-0.4, -0.2) is 21.4 Å². The predicted molar refractivity (Wildman–Crippen MR) is 58.6 cm³/mol. The van der Waals surface area contributed by atoms with E-state index in [1.165, 1.54) is 10.6 Å². The number of Topliss-reactive ketones (excluding diaryl/α,β-unsaturated/α-hetero) is 1. The summed E-state index contributed by atoms with van der Waals surface area (Å²) in [7, 11) is 1.64. The Bertz CT molecular complexity index is 471. The number of rotatable bonds is 3. The second-order valence-electron chi connectivity index (χ2n) is 5.14. The van der Waals surface area contributed by atoms with Crippen molar-refractivity contribution in [2.75, 3.05) is 0 Å². The van der Waals surface area contributed by atoms with Crippen LogP contribution in [0.15, 0.2) is 12.3 Å². The van der Waals surface area contributed by atoms with E-state index in [2.05, 4.69) is 13.8 Å². The summed E-state index contributed by atoms with van der Waals surface area (Å²) >= 11 is 0. The maximum absolute atomic E-state index is 12.0. The number of carbonyl (C=O) groups is 2. The quantitative estimate of drug-likeness (QED) is 0.793. The van der Waals surface area contributed by atoms with Gasteiger partial charge in [0, 0.05) is 24.7 Å². The minimum absolute atomic E-state index is 0.0524. The van der Waals surface area contributed by atoms with Crippen LogP contribution in [0.4, 0.5) is 0 Å². The standard InChI is InChI=1S/C12H15NO3/c1-12(2)5-8(12)10(14)7-4-9(11(15)16)13(3)6-7/h4,6,8H,5H2,1-3H3,(H,15,16). The Morgan fingerprint density at radius 1 is 1.50 bits per heavy atom. The van der Waals surface area contributed by atoms with Crippen molar-refractivity contribution in [1.82, 2.24) is 4.57 Å². The van der Waals surface area contributed by atoms with E-state index in [1.807, 2.05) is 0 Å². The zero-order chi connectivity index (χ0) is 12.1. The first-order valence-corrected chi connectivity index (χ1v) is 5.27. The van der Waals surface area contributed by atoms with Crippen LogP contribution in [0, 0.1) is 11.3 Å². The molecule has 0 bridgehead atoms. The first-order valence-electron chi connectivity index (χ1n) is 5.27. The molecule has 16 heavy (non-hydrogen) atoms. The van der Waals surface area contributed by atoms with Crippen LogP contribution in [0.3, 0.4) is 0 Å². The molecule has 4 nitrogen and oxygen atoms in total. The molecule has 1 aromatic heterocycles. The summed E-state index contributed by atoms with van der Waals surface area (Å²) in [5.41, 5.74) is 0.744. The van der Waals surface area contributed by atoms with Gasteiger partial charge in [0.15, 0.2) is 5.78 Å². The van der Waals surface area contributed by atoms with Crippen LogP contribution < -0.4 is 0 Å². The average Bonchev–Trinajstić information content (AvgIpc) is 2.62. The molecule has 1 atom stereocenters. The van der Waals surface area contributed by atoms with Crippen molar-refractivity contribution in [3.05, 3.63) is 23.5 Å². The fourth-order valence-corrected chi connectivity index (χ4v) is 2.03. The van der Waals surface area contributed by atoms with Crippen molar-refractivity contribution in [1.29, 1.82) is 0 Å². The van der Waals surface area contributed by atoms with Crippen LogP contribution in [0.25, 0.3) is 0 Å². The lowest BCUT2D eigenvalue weighted by atomic mass is 10.0. The lowest BCUT2D eigenvalue weighted by molar-refractivity contribution is 0.0686. The molecule has 2 rings (SSSR count). The monoisotopic (exact) mass is 221 g/mol. The van der Waals surface area contributed by atoms with Crippen molar-refractivity contribution < 1.29 is 14.7 Å². The largest absolute Gasteiger partial charge is 0.477 e. The number of nitrogens with zero attached hydrogens (tertiary/aromatic N) is 1. The zero-order valence-electron chi connectivity index (χ0n) is 9.65. The Labute approximate surface area is 93.9 Å². The highest BCUT2D eigenvalue weighted by Crippen LogP contribution is 2.53. The number of ketones is 1. The maximum atomic E-state index is 12.0. The molecule has 4 heteroatoms. The number of hydrogen-bond donors (Lipinski definition) is 1. The average molecular weight is 221 g/mol. The van der Waals surface area contributed by atoms with E-state index in [-0.39, 0.29) is 22.8 Å². The van der Waals surface area contributed by atoms with Gasteiger partial charge in [0.1, 0.15) is 5.69 Å². The zero-order valence-corrected chi connectivity index (χ0v) is 9.65. The Morgan fingerprint density at radius 3 is 2.44 bits per heavy atom. The number of carbonyl (C=O) groups excluding carboxylic acids is 1. The summed E-state index contributed by atoms with van der Waals surface area (Å²) in [5, 5.41) is 8.89. The Kier molecular flexibility index (Phi) is 2.19. The second kappa shape index (κ2) is 3.20. The van der Waals surface area contributed by atoms with Gasteiger partial charge >= 0.3 is 5.97 Å². The minimum Gasteiger partial charge on any atom is -0.477 e. The topological polar surface area (TPSA) is 59.3 Å². The summed E-state index contributed by atoms with van der Waals surface area (Å²) in [4.78, 5) is 22.8. The first kappa shape index (κ1) is 10.9. The smallest absolute Gasteiger partial charge is 0.352 e. The summed E-state index contributed by atoms with van der Waals surface area (Å²) in [5.74, 6) is -0.888. The fourth-order valence-electron chi connectivity index (χ4n) is 2.03. The van der Waals surface area contributed by atoms with Crippen LogP contribution in [0.2, 0.25) is 0 Å². The molecule has 1 unspecified atom stereocenters. The number of aryl methyl sites for hydroxylation is 1. The summed E-state index contributed by atoms with van der Waals surface area (Å²) < 4.78 is 1.48. The second-order valence-corrected chi connectivity index (χ2v) is 5.14. The normalized spacial score (nSPS) is 21.8. The molecule has 0 aromatic carbocycles. The van der Waals surface area contributed by atoms with Crippen molar-refractivity contribution in [2.45, 2.75) is 20.3 Å². The number of carboxylic acid groups (broad SMARTS) is 1. The maximum Gasteiger partial charge on any atom is 0.352 e. The lowest BCUT2D eigenvalue weighted by Crippen LogP contribution is -2.05. The van der Waals surface area contributed by atoms with Gasteiger partial charge in [0.25, 0.3) is 0 Å². The first-order chi connectivity index (χ1) is 7.33. The summed E-state index contributed by atoms with van der Waals surface area (Å²) in [6, 6.07) is 1.46. The van der Waals surface area contributed by atoms with Gasteiger partial charge in [-0.3, -0.25) is 4.79 Å². The fraction of sp³-hybridized carbons (Fsp3) is 0.500. The van der Waals surface area contributed by atoms with Gasteiger partial charge in [0.05, 0.1) is 0 Å². The van der Waals surface area contributed by atoms with Crippen molar-refractivity contribution in [3.63, 3.8) is 0 Å². The SMILES string of the molecule is Cn1cc(C(=O)C2CC2(C)C)cc1C(=O)O. The van der Waals surface area contributed by atoms with Gasteiger partial charge in [-0.05, 0) is 17.9 Å². The Morgan fingerprint density at radius 2 is 2.06 bits per heavy atom. The number of hydrogen-bond acceptors (Lipinski definition) is 2. The van der Waals surface area contributed by atoms with E-state index >= 15 is 0 Å². The third-order valence-corrected chi connectivity index (χ3v) is 3.34. The number of aromatic nitrogens is 1. The molecule has 1 heterocycles. The van der Waals surface area contributed by atoms with Gasteiger partial charge < -0.3 is 9.67 Å². The highest BCUT2D eigenvalue weighted by atomic mass is 16.4. The van der Waals surface area contributed by atoms with Crippen LogP contribution in [-0.2, 0) is 7.05 Å². The molecule has 0 amide bonds. The molecule has 1 aliphatic rings. The van der Waals surface area contributed by atoms with E-state index in [0.29, 0.717) is 5.56 Å². The van der Waals surface area contributed by atoms with E-state index in [1.54, 1.807) is 13.2 Å². The van der Waals surface area contributed by atoms with E-state index in [9.17, 15) is 9.59 Å². The summed E-state index contributed by atoms with van der Waals surface area (Å²) in [6.07, 6.45) is 2.49. The van der Waals surface area contributed by atoms with Crippen LogP contribution in [0.1, 0.15) is 41.1 Å². The predicted octanol–water partition coefficient (Wildman–Crippen LogP) is 1.95. The number of aromatic carboxylic acids is 1. The van der Waals surface area contributed by atoms with Crippen LogP contribution in [0.5, 0.6) is 0 Å². The van der Waals surface area contributed by atoms with E-state index in [0.717, 1.165) is 6.42 Å². The molecule has 1 aliphatic carbocycles. The molecular formula is C12H15NO3. The molecule has 0 radical (unpaired) electrons. The highest BCUT2D eigenvalue weighted by Gasteiger charge is 2.50. The van der Waals surface area contributed by atoms with Crippen molar-refractivity contribution in [2.24, 2.45) is 18.4 Å². The van der Waals surface area contributed by atoms with Gasteiger partial charge in [0.2, 0.25) is 0 Å². The third-order valence-electron chi connectivity index (χ3n) is 3.34. The van der Waals surface area contributed by atoms with Gasteiger partial charge in [-0.25, -0.2) is 4.79 Å². The lowest BCUT2D eigenvalue weighted by Gasteiger charge is -1.99. The van der Waals surface area contributed by atoms with E-state index < -0.39 is 5.97 Å². The molecule has 0 saturated heterocycles. The molecule has 86 valence electrons. The van der Waals surface area contributed by atoms with Crippen LogP contribution >= 0.6 is 0 Å². The molecule has 1 aromatic rings. The molecule has 0 aliphatic heterocycles.